The summed E-state index contributed by atoms with van der Waals surface area (Å²) in [4.78, 5) is 72.7. The van der Waals surface area contributed by atoms with Crippen molar-refractivity contribution < 1.29 is 80.2 Å². The van der Waals surface area contributed by atoms with E-state index in [2.05, 4.69) is 41.5 Å². The van der Waals surface area contributed by atoms with Crippen LogP contribution in [-0.4, -0.2) is 96.7 Å². The lowest BCUT2D eigenvalue weighted by molar-refractivity contribution is -0.161. The van der Waals surface area contributed by atoms with Crippen LogP contribution in [-0.2, 0) is 65.4 Å². The van der Waals surface area contributed by atoms with Crippen molar-refractivity contribution in [2.24, 2.45) is 11.8 Å². The van der Waals surface area contributed by atoms with E-state index in [-0.39, 0.29) is 25.7 Å². The van der Waals surface area contributed by atoms with Gasteiger partial charge in [0, 0.05) is 25.7 Å². The van der Waals surface area contributed by atoms with Crippen molar-refractivity contribution in [3.8, 4) is 0 Å². The van der Waals surface area contributed by atoms with Crippen molar-refractivity contribution in [2.45, 2.75) is 419 Å². The quantitative estimate of drug-likeness (QED) is 0.0222. The Labute approximate surface area is 588 Å². The zero-order chi connectivity index (χ0) is 70.7. The monoisotopic (exact) mass is 1410 g/mol. The zero-order valence-corrected chi connectivity index (χ0v) is 64.5. The number of esters is 4. The van der Waals surface area contributed by atoms with E-state index in [1.54, 1.807) is 0 Å². The van der Waals surface area contributed by atoms with E-state index < -0.39 is 97.5 Å². The molecular formula is C77H150O17P2. The second-order valence-corrected chi connectivity index (χ2v) is 31.4. The lowest BCUT2D eigenvalue weighted by atomic mass is 9.99. The van der Waals surface area contributed by atoms with Crippen molar-refractivity contribution in [3.05, 3.63) is 0 Å². The molecule has 570 valence electrons. The van der Waals surface area contributed by atoms with Gasteiger partial charge in [0.25, 0.3) is 0 Å². The van der Waals surface area contributed by atoms with Crippen LogP contribution >= 0.6 is 15.6 Å². The SMILES string of the molecule is CCCCCCCCCCCCCCCCCCCCCCCCC(=O)O[C@H](COC(=O)CCCCCCCCCCCCCC(C)C)COP(=O)(O)OC[C@@H](O)COP(=O)(O)OC[C@@H](COC(=O)CCCCCCCCCC)OC(=O)CCCCCCCCCCC(C)CC. The van der Waals surface area contributed by atoms with Gasteiger partial charge in [-0.1, -0.05) is 350 Å². The van der Waals surface area contributed by atoms with Gasteiger partial charge in [-0.15, -0.1) is 0 Å². The van der Waals surface area contributed by atoms with Crippen molar-refractivity contribution in [1.82, 2.24) is 0 Å². The minimum absolute atomic E-state index is 0.105. The summed E-state index contributed by atoms with van der Waals surface area (Å²) >= 11 is 0. The summed E-state index contributed by atoms with van der Waals surface area (Å²) < 4.78 is 68.5. The summed E-state index contributed by atoms with van der Waals surface area (Å²) in [6.45, 7) is 9.57. The van der Waals surface area contributed by atoms with Crippen LogP contribution in [0.5, 0.6) is 0 Å². The van der Waals surface area contributed by atoms with E-state index in [0.29, 0.717) is 25.7 Å². The highest BCUT2D eigenvalue weighted by atomic mass is 31.2. The van der Waals surface area contributed by atoms with Gasteiger partial charge in [0.15, 0.2) is 12.2 Å². The first-order valence-electron chi connectivity index (χ1n) is 40.0. The number of unbranched alkanes of at least 4 members (excludes halogenated alkanes) is 45. The first kappa shape index (κ1) is 94.1. The fourth-order valence-electron chi connectivity index (χ4n) is 11.8. The molecule has 0 fully saturated rings. The van der Waals surface area contributed by atoms with Crippen LogP contribution in [0.2, 0.25) is 0 Å². The molecule has 0 radical (unpaired) electrons. The lowest BCUT2D eigenvalue weighted by Gasteiger charge is -2.21. The molecule has 0 heterocycles. The molecule has 0 saturated carbocycles. The fourth-order valence-corrected chi connectivity index (χ4v) is 13.4. The lowest BCUT2D eigenvalue weighted by Crippen LogP contribution is -2.30. The molecule has 17 nitrogen and oxygen atoms in total. The normalized spacial score (nSPS) is 14.3. The maximum atomic E-state index is 13.1. The van der Waals surface area contributed by atoms with Gasteiger partial charge in [0.1, 0.15) is 19.3 Å². The number of phosphoric ester groups is 2. The van der Waals surface area contributed by atoms with Crippen LogP contribution < -0.4 is 0 Å². The third-order valence-electron chi connectivity index (χ3n) is 18.3. The van der Waals surface area contributed by atoms with Gasteiger partial charge in [-0.25, -0.2) is 9.13 Å². The Morgan fingerprint density at radius 3 is 0.792 bits per heavy atom. The number of aliphatic hydroxyl groups excluding tert-OH is 1. The Hall–Kier alpha value is -1.94. The number of hydrogen-bond acceptors (Lipinski definition) is 15. The van der Waals surface area contributed by atoms with Crippen LogP contribution in [0.25, 0.3) is 0 Å². The molecule has 6 atom stereocenters. The van der Waals surface area contributed by atoms with E-state index in [1.165, 1.54) is 212 Å². The van der Waals surface area contributed by atoms with Gasteiger partial charge in [-0.05, 0) is 37.5 Å². The van der Waals surface area contributed by atoms with E-state index in [4.69, 9.17) is 37.0 Å². The molecule has 3 N–H and O–H groups in total. The molecule has 3 unspecified atom stereocenters. The predicted octanol–water partition coefficient (Wildman–Crippen LogP) is 22.7. The molecule has 0 aromatic carbocycles. The minimum Gasteiger partial charge on any atom is -0.462 e. The molecule has 0 bridgehead atoms. The number of phosphoric acid groups is 2. The van der Waals surface area contributed by atoms with E-state index >= 15 is 0 Å². The summed E-state index contributed by atoms with van der Waals surface area (Å²) in [5.74, 6) is -0.579. The fraction of sp³-hybridized carbons (Fsp3) is 0.948. The second kappa shape index (κ2) is 68.8. The summed E-state index contributed by atoms with van der Waals surface area (Å²) in [7, 11) is -9.91. The predicted molar refractivity (Wildman–Crippen MR) is 391 cm³/mol. The third kappa shape index (κ3) is 69.2. The molecule has 0 saturated heterocycles. The van der Waals surface area contributed by atoms with Crippen molar-refractivity contribution in [1.29, 1.82) is 0 Å². The first-order chi connectivity index (χ1) is 46.4. The largest absolute Gasteiger partial charge is 0.472 e. The van der Waals surface area contributed by atoms with Gasteiger partial charge in [0.05, 0.1) is 26.4 Å². The molecule has 0 rings (SSSR count). The Kier molecular flexibility index (Phi) is 67.4. The molecule has 0 aromatic heterocycles. The van der Waals surface area contributed by atoms with Crippen molar-refractivity contribution in [2.75, 3.05) is 39.6 Å². The molecule has 0 aromatic rings. The minimum atomic E-state index is -4.96. The highest BCUT2D eigenvalue weighted by molar-refractivity contribution is 7.47. The van der Waals surface area contributed by atoms with Gasteiger partial charge >= 0.3 is 39.5 Å². The zero-order valence-electron chi connectivity index (χ0n) is 62.7. The van der Waals surface area contributed by atoms with Crippen molar-refractivity contribution >= 4 is 39.5 Å². The van der Waals surface area contributed by atoms with E-state index in [1.807, 2.05) is 0 Å². The molecule has 0 aliphatic heterocycles. The summed E-state index contributed by atoms with van der Waals surface area (Å²) in [5.41, 5.74) is 0. The van der Waals surface area contributed by atoms with Gasteiger partial charge in [-0.3, -0.25) is 37.3 Å². The standard InChI is InChI=1S/C77H150O17P2/c1-7-10-12-14-16-18-19-20-21-22-23-24-25-26-27-28-29-32-36-43-49-55-61-76(81)93-73(66-88-75(80)60-54-48-42-35-33-30-31-34-39-45-51-57-69(4)5)68-92-96(85,86)90-64-71(78)63-89-95(83,84)91-67-72(65-87-74(79)59-53-47-41-17-15-13-11-8-2)94-77(82)62-56-50-44-38-37-40-46-52-58-70(6)9-3/h69-73,78H,7-68H2,1-6H3,(H,83,84)(H,85,86)/t70?,71-,72+,73+/m0/s1. The second-order valence-electron chi connectivity index (χ2n) is 28.5. The summed E-state index contributed by atoms with van der Waals surface area (Å²) in [5, 5.41) is 10.6. The maximum Gasteiger partial charge on any atom is 0.472 e. The highest BCUT2D eigenvalue weighted by Crippen LogP contribution is 2.45. The van der Waals surface area contributed by atoms with E-state index in [9.17, 15) is 43.2 Å². The van der Waals surface area contributed by atoms with Crippen molar-refractivity contribution in [3.63, 3.8) is 0 Å². The number of rotatable bonds is 76. The molecule has 0 aliphatic carbocycles. The molecule has 0 spiro atoms. The van der Waals surface area contributed by atoms with Crippen LogP contribution in [0.3, 0.4) is 0 Å². The Balaban J connectivity index is 5.17. The average Bonchev–Trinajstić information content (AvgIpc) is 1.12. The highest BCUT2D eigenvalue weighted by Gasteiger charge is 2.30. The Morgan fingerprint density at radius 2 is 0.531 bits per heavy atom. The molecule has 19 heteroatoms. The number of carbonyl (C=O) groups is 4. The molecule has 0 amide bonds. The molecule has 96 heavy (non-hydrogen) atoms. The average molecular weight is 1410 g/mol. The van der Waals surface area contributed by atoms with Crippen LogP contribution in [0.4, 0.5) is 0 Å². The number of hydrogen-bond donors (Lipinski definition) is 3. The van der Waals surface area contributed by atoms with Crippen LogP contribution in [0.15, 0.2) is 0 Å². The Morgan fingerprint density at radius 1 is 0.302 bits per heavy atom. The third-order valence-corrected chi connectivity index (χ3v) is 20.2. The van der Waals surface area contributed by atoms with E-state index in [0.717, 1.165) is 108 Å². The maximum absolute atomic E-state index is 13.1. The molecular weight excluding hydrogens is 1260 g/mol. The number of carbonyl (C=O) groups excluding carboxylic acids is 4. The van der Waals surface area contributed by atoms with Crippen LogP contribution in [0, 0.1) is 11.8 Å². The topological polar surface area (TPSA) is 237 Å². The van der Waals surface area contributed by atoms with Crippen LogP contribution in [0.1, 0.15) is 401 Å². The number of aliphatic hydroxyl groups is 1. The van der Waals surface area contributed by atoms with Gasteiger partial charge in [0.2, 0.25) is 0 Å². The summed E-state index contributed by atoms with van der Waals surface area (Å²) in [6, 6.07) is 0. The summed E-state index contributed by atoms with van der Waals surface area (Å²) in [6.07, 6.45) is 57.1. The Bertz CT molecular complexity index is 1860. The number of ether oxygens (including phenoxy) is 4. The first-order valence-corrected chi connectivity index (χ1v) is 43.0. The van der Waals surface area contributed by atoms with Gasteiger partial charge in [-0.2, -0.15) is 0 Å². The van der Waals surface area contributed by atoms with Gasteiger partial charge < -0.3 is 33.8 Å². The molecule has 0 aliphatic rings. The smallest absolute Gasteiger partial charge is 0.462 e.